The molecule has 78 valence electrons. The number of amides is 1. The van der Waals surface area contributed by atoms with Gasteiger partial charge >= 0.3 is 0 Å². The highest BCUT2D eigenvalue weighted by molar-refractivity contribution is 5.80. The Kier molecular flexibility index (Phi) is 1.84. The van der Waals surface area contributed by atoms with E-state index in [9.17, 15) is 4.79 Å². The van der Waals surface area contributed by atoms with E-state index in [0.717, 1.165) is 45.6 Å². The molecule has 3 aliphatic rings. The van der Waals surface area contributed by atoms with Gasteiger partial charge in [0.15, 0.2) is 0 Å². The van der Waals surface area contributed by atoms with Crippen molar-refractivity contribution in [2.75, 3.05) is 26.3 Å². The molecule has 3 heteroatoms. The topological polar surface area (TPSA) is 29.5 Å². The molecule has 3 nitrogen and oxygen atoms in total. The summed E-state index contributed by atoms with van der Waals surface area (Å²) in [6.07, 6.45) is 4.65. The van der Waals surface area contributed by atoms with Crippen LogP contribution in [-0.2, 0) is 9.53 Å². The molecule has 3 fully saturated rings. The minimum absolute atomic E-state index is 0.361. The van der Waals surface area contributed by atoms with E-state index in [1.165, 1.54) is 6.42 Å². The molecule has 0 N–H and O–H groups in total. The van der Waals surface area contributed by atoms with E-state index in [4.69, 9.17) is 4.74 Å². The fourth-order valence-electron chi connectivity index (χ4n) is 2.66. The van der Waals surface area contributed by atoms with Crippen LogP contribution in [0.15, 0.2) is 0 Å². The first kappa shape index (κ1) is 8.72. The summed E-state index contributed by atoms with van der Waals surface area (Å²) in [5.41, 5.74) is 0.361. The van der Waals surface area contributed by atoms with Crippen molar-refractivity contribution < 1.29 is 9.53 Å². The van der Waals surface area contributed by atoms with Gasteiger partial charge in [0.25, 0.3) is 0 Å². The lowest BCUT2D eigenvalue weighted by molar-refractivity contribution is -0.141. The smallest absolute Gasteiger partial charge is 0.225 e. The number of ether oxygens (including phenoxy) is 1. The number of rotatable bonds is 1. The second-order valence-electron chi connectivity index (χ2n) is 5.13. The van der Waals surface area contributed by atoms with E-state index in [1.54, 1.807) is 0 Å². The summed E-state index contributed by atoms with van der Waals surface area (Å²) < 4.78 is 5.25. The van der Waals surface area contributed by atoms with Crippen LogP contribution in [0.4, 0.5) is 0 Å². The van der Waals surface area contributed by atoms with Crippen LogP contribution < -0.4 is 0 Å². The first-order valence-corrected chi connectivity index (χ1v) is 5.66. The summed E-state index contributed by atoms with van der Waals surface area (Å²) in [5.74, 6) is 0.783. The van der Waals surface area contributed by atoms with Crippen molar-refractivity contribution >= 4 is 5.91 Å². The second-order valence-corrected chi connectivity index (χ2v) is 5.13. The van der Waals surface area contributed by atoms with Crippen molar-refractivity contribution in [3.8, 4) is 0 Å². The predicted octanol–water partition coefficient (Wildman–Crippen LogP) is 1.04. The molecule has 1 spiro atoms. The zero-order valence-corrected chi connectivity index (χ0v) is 8.50. The summed E-state index contributed by atoms with van der Waals surface area (Å²) in [5, 5.41) is 0. The van der Waals surface area contributed by atoms with Gasteiger partial charge in [0.2, 0.25) is 5.91 Å². The maximum Gasteiger partial charge on any atom is 0.225 e. The standard InChI is InChI=1S/C11H17NO2/c13-10(9-2-1-3-9)12-5-4-11(6-12)7-14-8-11/h9H,1-8H2. The van der Waals surface area contributed by atoms with Crippen LogP contribution >= 0.6 is 0 Å². The lowest BCUT2D eigenvalue weighted by Gasteiger charge is -2.38. The zero-order chi connectivity index (χ0) is 9.60. The number of hydrogen-bond donors (Lipinski definition) is 0. The molecule has 0 aromatic heterocycles. The Morgan fingerprint density at radius 2 is 2.14 bits per heavy atom. The summed E-state index contributed by atoms with van der Waals surface area (Å²) in [6, 6.07) is 0. The van der Waals surface area contributed by atoms with Crippen LogP contribution in [0.5, 0.6) is 0 Å². The molecule has 0 aromatic rings. The maximum absolute atomic E-state index is 11.9. The molecule has 2 heterocycles. The lowest BCUT2D eigenvalue weighted by atomic mass is 9.83. The molecule has 0 aromatic carbocycles. The molecule has 14 heavy (non-hydrogen) atoms. The first-order valence-electron chi connectivity index (χ1n) is 5.66. The van der Waals surface area contributed by atoms with Crippen LogP contribution in [0.3, 0.4) is 0 Å². The molecule has 1 saturated carbocycles. The summed E-state index contributed by atoms with van der Waals surface area (Å²) >= 11 is 0. The lowest BCUT2D eigenvalue weighted by Crippen LogP contribution is -2.46. The van der Waals surface area contributed by atoms with Gasteiger partial charge < -0.3 is 9.64 Å². The SMILES string of the molecule is O=C(C1CCC1)N1CCC2(COC2)C1. The monoisotopic (exact) mass is 195 g/mol. The van der Waals surface area contributed by atoms with E-state index in [1.807, 2.05) is 0 Å². The summed E-state index contributed by atoms with van der Waals surface area (Å²) in [7, 11) is 0. The third-order valence-corrected chi connectivity index (χ3v) is 4.02. The summed E-state index contributed by atoms with van der Waals surface area (Å²) in [4.78, 5) is 14.0. The number of carbonyl (C=O) groups is 1. The van der Waals surface area contributed by atoms with Crippen molar-refractivity contribution in [3.63, 3.8) is 0 Å². The Bertz CT molecular complexity index is 256. The van der Waals surface area contributed by atoms with Crippen molar-refractivity contribution in [1.29, 1.82) is 0 Å². The summed E-state index contributed by atoms with van der Waals surface area (Å²) in [6.45, 7) is 3.68. The maximum atomic E-state index is 11.9. The van der Waals surface area contributed by atoms with Gasteiger partial charge in [0.1, 0.15) is 0 Å². The number of likely N-dealkylation sites (tertiary alicyclic amines) is 1. The van der Waals surface area contributed by atoms with Gasteiger partial charge in [-0.1, -0.05) is 6.42 Å². The first-order chi connectivity index (χ1) is 6.79. The van der Waals surface area contributed by atoms with Crippen molar-refractivity contribution in [2.45, 2.75) is 25.7 Å². The third kappa shape index (κ3) is 1.18. The average molecular weight is 195 g/mol. The number of nitrogens with zero attached hydrogens (tertiary/aromatic N) is 1. The van der Waals surface area contributed by atoms with Gasteiger partial charge in [-0.15, -0.1) is 0 Å². The van der Waals surface area contributed by atoms with E-state index in [2.05, 4.69) is 4.90 Å². The Balaban J connectivity index is 1.61. The molecule has 0 radical (unpaired) electrons. The van der Waals surface area contributed by atoms with Crippen molar-refractivity contribution in [3.05, 3.63) is 0 Å². The highest BCUT2D eigenvalue weighted by atomic mass is 16.5. The molecular formula is C11H17NO2. The normalized spacial score (nSPS) is 30.1. The van der Waals surface area contributed by atoms with E-state index in [0.29, 0.717) is 17.2 Å². The highest BCUT2D eigenvalue weighted by Crippen LogP contribution is 2.39. The Hall–Kier alpha value is -0.570. The van der Waals surface area contributed by atoms with E-state index < -0.39 is 0 Å². The molecule has 0 unspecified atom stereocenters. The number of carbonyl (C=O) groups excluding carboxylic acids is 1. The average Bonchev–Trinajstić information content (AvgIpc) is 2.43. The van der Waals surface area contributed by atoms with Crippen molar-refractivity contribution in [1.82, 2.24) is 4.90 Å². The molecular weight excluding hydrogens is 178 g/mol. The quantitative estimate of drug-likeness (QED) is 0.625. The predicted molar refractivity (Wildman–Crippen MR) is 51.8 cm³/mol. The fraction of sp³-hybridized carbons (Fsp3) is 0.909. The second kappa shape index (κ2) is 2.96. The number of hydrogen-bond acceptors (Lipinski definition) is 2. The van der Waals surface area contributed by atoms with Gasteiger partial charge in [-0.05, 0) is 19.3 Å². The minimum Gasteiger partial charge on any atom is -0.380 e. The molecule has 2 aliphatic heterocycles. The van der Waals surface area contributed by atoms with Crippen LogP contribution in [0.1, 0.15) is 25.7 Å². The Morgan fingerprint density at radius 1 is 1.36 bits per heavy atom. The van der Waals surface area contributed by atoms with E-state index in [-0.39, 0.29) is 0 Å². The molecule has 2 saturated heterocycles. The fourth-order valence-corrected chi connectivity index (χ4v) is 2.66. The van der Waals surface area contributed by atoms with Crippen LogP contribution in [0.2, 0.25) is 0 Å². The van der Waals surface area contributed by atoms with Gasteiger partial charge in [-0.2, -0.15) is 0 Å². The molecule has 3 rings (SSSR count). The van der Waals surface area contributed by atoms with Crippen LogP contribution in [0, 0.1) is 11.3 Å². The van der Waals surface area contributed by atoms with Crippen LogP contribution in [-0.4, -0.2) is 37.1 Å². The van der Waals surface area contributed by atoms with Crippen LogP contribution in [0.25, 0.3) is 0 Å². The highest BCUT2D eigenvalue weighted by Gasteiger charge is 2.46. The Labute approximate surface area is 84.4 Å². The van der Waals surface area contributed by atoms with Gasteiger partial charge in [0, 0.05) is 24.4 Å². The minimum atomic E-state index is 0.361. The van der Waals surface area contributed by atoms with E-state index >= 15 is 0 Å². The van der Waals surface area contributed by atoms with Gasteiger partial charge in [-0.25, -0.2) is 0 Å². The van der Waals surface area contributed by atoms with Gasteiger partial charge in [-0.3, -0.25) is 4.79 Å². The largest absolute Gasteiger partial charge is 0.380 e. The molecule has 0 bridgehead atoms. The molecule has 0 atom stereocenters. The van der Waals surface area contributed by atoms with Crippen molar-refractivity contribution in [2.24, 2.45) is 11.3 Å². The Morgan fingerprint density at radius 3 is 2.57 bits per heavy atom. The zero-order valence-electron chi connectivity index (χ0n) is 8.50. The van der Waals surface area contributed by atoms with Gasteiger partial charge in [0.05, 0.1) is 13.2 Å². The third-order valence-electron chi connectivity index (χ3n) is 4.02. The molecule has 1 amide bonds. The molecule has 1 aliphatic carbocycles.